The van der Waals surface area contributed by atoms with E-state index in [-0.39, 0.29) is 25.1 Å². The van der Waals surface area contributed by atoms with Crippen molar-refractivity contribution < 1.29 is 36.7 Å². The number of Topliss-reactive ketones (excluding diaryl/α,β-unsaturated/α-hetero) is 1. The SMILES string of the molecule is CNC(=O)C(=O)[C@H](CCC(C)(F)F)NC(=O)c1cc(F)cnc1NC(=O)C12CC(F)(C1)C2. The molecule has 3 saturated carbocycles. The molecule has 0 aromatic carbocycles. The topological polar surface area (TPSA) is 117 Å². The average molecular weight is 458 g/mol. The number of anilines is 1. The van der Waals surface area contributed by atoms with Crippen LogP contribution in [-0.4, -0.2) is 53.2 Å². The maximum atomic E-state index is 13.8. The van der Waals surface area contributed by atoms with E-state index in [2.05, 4.69) is 20.9 Å². The van der Waals surface area contributed by atoms with Crippen molar-refractivity contribution in [3.05, 3.63) is 23.6 Å². The molecule has 32 heavy (non-hydrogen) atoms. The molecule has 12 heteroatoms. The zero-order valence-corrected chi connectivity index (χ0v) is 17.4. The van der Waals surface area contributed by atoms with Gasteiger partial charge in [0.1, 0.15) is 17.3 Å². The fourth-order valence-corrected chi connectivity index (χ4v) is 4.04. The number of ketones is 1. The molecule has 1 heterocycles. The monoisotopic (exact) mass is 458 g/mol. The predicted molar refractivity (Wildman–Crippen MR) is 103 cm³/mol. The zero-order valence-electron chi connectivity index (χ0n) is 17.4. The molecule has 1 aromatic heterocycles. The highest BCUT2D eigenvalue weighted by Gasteiger charge is 2.72. The number of carbonyl (C=O) groups is 4. The largest absolute Gasteiger partial charge is 0.353 e. The molecule has 3 fully saturated rings. The molecule has 0 saturated heterocycles. The number of amides is 3. The highest BCUT2D eigenvalue weighted by atomic mass is 19.3. The van der Waals surface area contributed by atoms with Gasteiger partial charge in [0, 0.05) is 13.5 Å². The molecule has 3 aliphatic carbocycles. The number of pyridine rings is 1. The maximum Gasteiger partial charge on any atom is 0.289 e. The van der Waals surface area contributed by atoms with Gasteiger partial charge in [0.15, 0.2) is 0 Å². The second-order valence-corrected chi connectivity index (χ2v) is 8.54. The molecule has 3 aliphatic rings. The van der Waals surface area contributed by atoms with Crippen molar-refractivity contribution >= 4 is 29.3 Å². The van der Waals surface area contributed by atoms with Gasteiger partial charge in [0.25, 0.3) is 11.8 Å². The number of alkyl halides is 3. The van der Waals surface area contributed by atoms with Gasteiger partial charge in [-0.3, -0.25) is 19.2 Å². The van der Waals surface area contributed by atoms with Crippen molar-refractivity contribution in [3.63, 3.8) is 0 Å². The molecule has 3 N–H and O–H groups in total. The van der Waals surface area contributed by atoms with Gasteiger partial charge in [-0.25, -0.2) is 22.5 Å². The number of hydrogen-bond donors (Lipinski definition) is 3. The highest BCUT2D eigenvalue weighted by molar-refractivity contribution is 6.38. The van der Waals surface area contributed by atoms with E-state index in [9.17, 15) is 36.7 Å². The predicted octanol–water partition coefficient (Wildman–Crippen LogP) is 1.90. The third-order valence-corrected chi connectivity index (χ3v) is 5.72. The molecule has 0 unspecified atom stereocenters. The van der Waals surface area contributed by atoms with Crippen molar-refractivity contribution in [3.8, 4) is 0 Å². The van der Waals surface area contributed by atoms with E-state index in [1.165, 1.54) is 0 Å². The number of likely N-dealkylation sites (N-methyl/N-ethyl adjacent to an activating group) is 1. The minimum absolute atomic E-state index is 0.0441. The minimum atomic E-state index is -3.16. The van der Waals surface area contributed by atoms with Crippen LogP contribution in [0.4, 0.5) is 23.4 Å². The number of halogens is 4. The Kier molecular flexibility index (Phi) is 6.00. The summed E-state index contributed by atoms with van der Waals surface area (Å²) >= 11 is 0. The molecular formula is C20H22F4N4O4. The molecule has 174 valence electrons. The summed E-state index contributed by atoms with van der Waals surface area (Å²) in [5.74, 6) is -8.38. The van der Waals surface area contributed by atoms with E-state index in [4.69, 9.17) is 0 Å². The van der Waals surface area contributed by atoms with Crippen LogP contribution in [0.1, 0.15) is 49.4 Å². The first-order valence-corrected chi connectivity index (χ1v) is 9.88. The summed E-state index contributed by atoms with van der Waals surface area (Å²) in [7, 11) is 1.16. The second kappa shape index (κ2) is 8.14. The van der Waals surface area contributed by atoms with Crippen molar-refractivity contribution in [2.45, 2.75) is 56.7 Å². The summed E-state index contributed by atoms with van der Waals surface area (Å²) in [6.07, 6.45) is -0.490. The summed E-state index contributed by atoms with van der Waals surface area (Å²) in [6, 6.07) is -0.879. The van der Waals surface area contributed by atoms with Crippen LogP contribution < -0.4 is 16.0 Å². The van der Waals surface area contributed by atoms with Gasteiger partial charge in [-0.1, -0.05) is 0 Å². The first-order valence-electron chi connectivity index (χ1n) is 9.88. The average Bonchev–Trinajstić information content (AvgIpc) is 2.67. The first kappa shape index (κ1) is 23.6. The molecule has 3 amide bonds. The van der Waals surface area contributed by atoms with E-state index < -0.39 is 70.8 Å². The Bertz CT molecular complexity index is 959. The van der Waals surface area contributed by atoms with Crippen LogP contribution in [-0.2, 0) is 14.4 Å². The van der Waals surface area contributed by atoms with E-state index >= 15 is 0 Å². The Hall–Kier alpha value is -3.05. The quantitative estimate of drug-likeness (QED) is 0.386. The molecule has 1 aromatic rings. The number of aromatic nitrogens is 1. The first-order chi connectivity index (χ1) is 14.8. The Labute approximate surface area is 180 Å². The second-order valence-electron chi connectivity index (χ2n) is 8.54. The number of rotatable bonds is 9. The standard InChI is InChI=1S/C20H22F4N4O4/c1-18(22,23)4-3-12(13(29)16(31)25-2)27-15(30)11-5-10(21)6-26-14(11)28-17(32)19-7-20(24,8-19)9-19/h5-6,12H,3-4,7-9H2,1-2H3,(H,25,31)(H,27,30)(H,26,28,32)/t12-,19?,20?/m0/s1. The summed E-state index contributed by atoms with van der Waals surface area (Å²) in [6.45, 7) is 0.618. The minimum Gasteiger partial charge on any atom is -0.353 e. The molecule has 0 aliphatic heterocycles. The van der Waals surface area contributed by atoms with Crippen LogP contribution in [0.25, 0.3) is 0 Å². The fraction of sp³-hybridized carbons (Fsp3) is 0.550. The molecule has 2 bridgehead atoms. The summed E-state index contributed by atoms with van der Waals surface area (Å²) < 4.78 is 54.0. The van der Waals surface area contributed by atoms with Gasteiger partial charge in [0.2, 0.25) is 17.6 Å². The van der Waals surface area contributed by atoms with Gasteiger partial charge in [-0.2, -0.15) is 0 Å². The number of nitrogens with one attached hydrogen (secondary N) is 3. The van der Waals surface area contributed by atoms with E-state index in [1.807, 2.05) is 0 Å². The van der Waals surface area contributed by atoms with Crippen LogP contribution in [0.5, 0.6) is 0 Å². The van der Waals surface area contributed by atoms with Crippen molar-refractivity contribution in [2.24, 2.45) is 5.41 Å². The lowest BCUT2D eigenvalue weighted by atomic mass is 9.42. The lowest BCUT2D eigenvalue weighted by Gasteiger charge is -2.64. The summed E-state index contributed by atoms with van der Waals surface area (Å²) in [4.78, 5) is 52.8. The number of carbonyl (C=O) groups excluding carboxylic acids is 4. The summed E-state index contributed by atoms with van der Waals surface area (Å²) in [5.41, 5.74) is -2.72. The van der Waals surface area contributed by atoms with Gasteiger partial charge in [0.05, 0.1) is 23.2 Å². The van der Waals surface area contributed by atoms with Gasteiger partial charge in [-0.05, 0) is 38.7 Å². The molecule has 1 atom stereocenters. The van der Waals surface area contributed by atoms with Crippen molar-refractivity contribution in [1.29, 1.82) is 0 Å². The maximum absolute atomic E-state index is 13.8. The van der Waals surface area contributed by atoms with Crippen molar-refractivity contribution in [2.75, 3.05) is 12.4 Å². The Balaban J connectivity index is 1.78. The van der Waals surface area contributed by atoms with Crippen LogP contribution in [0.2, 0.25) is 0 Å². The van der Waals surface area contributed by atoms with E-state index in [0.717, 1.165) is 19.3 Å². The molecular weight excluding hydrogens is 436 g/mol. The molecule has 0 spiro atoms. The van der Waals surface area contributed by atoms with Gasteiger partial charge in [-0.15, -0.1) is 0 Å². The smallest absolute Gasteiger partial charge is 0.289 e. The Morgan fingerprint density at radius 1 is 1.22 bits per heavy atom. The molecule has 4 rings (SSSR count). The molecule has 8 nitrogen and oxygen atoms in total. The number of hydrogen-bond acceptors (Lipinski definition) is 5. The van der Waals surface area contributed by atoms with Crippen LogP contribution in [0.3, 0.4) is 0 Å². The molecule has 0 radical (unpaired) electrons. The lowest BCUT2D eigenvalue weighted by molar-refractivity contribution is -0.209. The van der Waals surface area contributed by atoms with Gasteiger partial charge < -0.3 is 16.0 Å². The Morgan fingerprint density at radius 3 is 2.38 bits per heavy atom. The fourth-order valence-electron chi connectivity index (χ4n) is 4.04. The highest BCUT2D eigenvalue weighted by Crippen LogP contribution is 2.69. The Morgan fingerprint density at radius 2 is 1.84 bits per heavy atom. The zero-order chi connectivity index (χ0) is 23.9. The van der Waals surface area contributed by atoms with Crippen LogP contribution >= 0.6 is 0 Å². The third-order valence-electron chi connectivity index (χ3n) is 5.72. The normalized spacial score (nSPS) is 24.4. The van der Waals surface area contributed by atoms with E-state index in [1.54, 1.807) is 0 Å². The van der Waals surface area contributed by atoms with E-state index in [0.29, 0.717) is 6.92 Å². The third kappa shape index (κ3) is 4.73. The van der Waals surface area contributed by atoms with Crippen LogP contribution in [0, 0.1) is 11.2 Å². The van der Waals surface area contributed by atoms with Crippen LogP contribution in [0.15, 0.2) is 12.3 Å². The lowest BCUT2D eigenvalue weighted by Crippen LogP contribution is -2.69. The number of nitrogens with zero attached hydrogens (tertiary/aromatic N) is 1. The van der Waals surface area contributed by atoms with Crippen molar-refractivity contribution in [1.82, 2.24) is 15.6 Å². The van der Waals surface area contributed by atoms with Gasteiger partial charge >= 0.3 is 0 Å². The summed E-state index contributed by atoms with van der Waals surface area (Å²) in [5, 5.41) is 6.58.